The van der Waals surface area contributed by atoms with E-state index in [2.05, 4.69) is 30.1 Å². The summed E-state index contributed by atoms with van der Waals surface area (Å²) in [6.07, 6.45) is 2.97. The highest BCUT2D eigenvalue weighted by molar-refractivity contribution is 5.53. The van der Waals surface area contributed by atoms with Gasteiger partial charge in [-0.1, -0.05) is 6.07 Å². The lowest BCUT2D eigenvalue weighted by Crippen LogP contribution is -2.23. The Kier molecular flexibility index (Phi) is 3.48. The third-order valence-corrected chi connectivity index (χ3v) is 5.29. The highest BCUT2D eigenvalue weighted by Crippen LogP contribution is 2.40. The van der Waals surface area contributed by atoms with Crippen LogP contribution in [0.25, 0.3) is 0 Å². The van der Waals surface area contributed by atoms with Crippen LogP contribution in [0.2, 0.25) is 0 Å². The van der Waals surface area contributed by atoms with Gasteiger partial charge < -0.3 is 23.8 Å². The number of hydrogen-bond acceptors (Lipinski definition) is 5. The summed E-state index contributed by atoms with van der Waals surface area (Å²) >= 11 is 0. The van der Waals surface area contributed by atoms with E-state index in [9.17, 15) is 0 Å². The maximum atomic E-state index is 5.76. The zero-order valence-electron chi connectivity index (χ0n) is 14.3. The molecule has 0 bridgehead atoms. The number of likely N-dealkylation sites (N-methyl/N-ethyl adjacent to an activating group) is 1. The number of fused-ring (bicyclic) bond motifs is 5. The maximum absolute atomic E-state index is 5.76. The van der Waals surface area contributed by atoms with E-state index in [1.165, 1.54) is 22.3 Å². The zero-order valence-corrected chi connectivity index (χ0v) is 14.3. The minimum atomic E-state index is 0.321. The summed E-state index contributed by atoms with van der Waals surface area (Å²) < 4.78 is 22.5. The molecular formula is C20H21NO4. The Hall–Kier alpha value is -2.40. The maximum Gasteiger partial charge on any atom is 0.231 e. The molecule has 0 saturated heterocycles. The molecule has 5 heteroatoms. The van der Waals surface area contributed by atoms with Crippen molar-refractivity contribution in [3.05, 3.63) is 46.5 Å². The quantitative estimate of drug-likeness (QED) is 0.738. The molecule has 0 amide bonds. The molecule has 0 saturated carbocycles. The highest BCUT2D eigenvalue weighted by Gasteiger charge is 2.24. The van der Waals surface area contributed by atoms with Crippen molar-refractivity contribution in [3.8, 4) is 23.0 Å². The molecule has 0 aliphatic carbocycles. The Morgan fingerprint density at radius 3 is 2.28 bits per heavy atom. The Morgan fingerprint density at radius 1 is 0.760 bits per heavy atom. The van der Waals surface area contributed by atoms with Crippen LogP contribution in [-0.4, -0.2) is 32.1 Å². The van der Waals surface area contributed by atoms with Gasteiger partial charge in [0.1, 0.15) is 0 Å². The third kappa shape index (κ3) is 2.59. The Morgan fingerprint density at radius 2 is 1.44 bits per heavy atom. The molecule has 0 spiro atoms. The predicted octanol–water partition coefficient (Wildman–Crippen LogP) is 2.92. The van der Waals surface area contributed by atoms with Gasteiger partial charge in [0.2, 0.25) is 13.6 Å². The molecule has 25 heavy (non-hydrogen) atoms. The summed E-state index contributed by atoms with van der Waals surface area (Å²) in [6, 6.07) is 8.54. The van der Waals surface area contributed by atoms with Gasteiger partial charge in [-0.25, -0.2) is 0 Å². The monoisotopic (exact) mass is 339 g/mol. The van der Waals surface area contributed by atoms with Crippen LogP contribution in [0.4, 0.5) is 0 Å². The van der Waals surface area contributed by atoms with E-state index in [1.807, 2.05) is 6.07 Å². The molecule has 0 atom stereocenters. The fraction of sp³-hybridized carbons (Fsp3) is 0.400. The van der Waals surface area contributed by atoms with Gasteiger partial charge in [0.15, 0.2) is 23.0 Å². The van der Waals surface area contributed by atoms with Gasteiger partial charge in [0.05, 0.1) is 0 Å². The molecule has 2 aromatic carbocycles. The third-order valence-electron chi connectivity index (χ3n) is 5.29. The fourth-order valence-electron chi connectivity index (χ4n) is 3.90. The van der Waals surface area contributed by atoms with E-state index < -0.39 is 0 Å². The SMILES string of the molecule is CN1CCc2cc3c(cc2CCc2ccc4c(c2C1)OCO4)OCO3. The lowest BCUT2D eigenvalue weighted by molar-refractivity contribution is 0.172. The van der Waals surface area contributed by atoms with E-state index in [0.29, 0.717) is 13.6 Å². The van der Waals surface area contributed by atoms with Crippen LogP contribution in [0, 0.1) is 0 Å². The van der Waals surface area contributed by atoms with Crippen molar-refractivity contribution in [1.29, 1.82) is 0 Å². The van der Waals surface area contributed by atoms with Crippen molar-refractivity contribution in [2.45, 2.75) is 25.8 Å². The van der Waals surface area contributed by atoms with E-state index in [-0.39, 0.29) is 0 Å². The van der Waals surface area contributed by atoms with Crippen LogP contribution in [0.3, 0.4) is 0 Å². The fourth-order valence-corrected chi connectivity index (χ4v) is 3.90. The lowest BCUT2D eigenvalue weighted by atomic mass is 9.93. The number of aryl methyl sites for hydroxylation is 2. The predicted molar refractivity (Wildman–Crippen MR) is 92.6 cm³/mol. The smallest absolute Gasteiger partial charge is 0.231 e. The largest absolute Gasteiger partial charge is 0.454 e. The Balaban J connectivity index is 1.54. The summed E-state index contributed by atoms with van der Waals surface area (Å²) in [5, 5.41) is 0. The van der Waals surface area contributed by atoms with Crippen molar-refractivity contribution >= 4 is 0 Å². The van der Waals surface area contributed by atoms with Gasteiger partial charge in [-0.3, -0.25) is 0 Å². The molecule has 2 aromatic rings. The standard InChI is InChI=1S/C20H21NO4/c1-21-7-6-15-9-19-18(23-11-24-19)8-14(15)3-2-13-4-5-17-20(16(13)10-21)25-12-22-17/h4-5,8-9H,2-3,6-7,10-12H2,1H3. The summed E-state index contributed by atoms with van der Waals surface area (Å²) in [7, 11) is 2.16. The minimum Gasteiger partial charge on any atom is -0.454 e. The minimum absolute atomic E-state index is 0.321. The van der Waals surface area contributed by atoms with Crippen molar-refractivity contribution in [2.75, 3.05) is 27.2 Å². The van der Waals surface area contributed by atoms with E-state index >= 15 is 0 Å². The second kappa shape index (κ2) is 5.85. The van der Waals surface area contributed by atoms with Crippen molar-refractivity contribution in [3.63, 3.8) is 0 Å². The first-order valence-corrected chi connectivity index (χ1v) is 8.78. The second-order valence-corrected chi connectivity index (χ2v) is 6.90. The van der Waals surface area contributed by atoms with Gasteiger partial charge in [-0.15, -0.1) is 0 Å². The number of ether oxygens (including phenoxy) is 4. The molecular weight excluding hydrogens is 318 g/mol. The van der Waals surface area contributed by atoms with Crippen LogP contribution in [-0.2, 0) is 25.8 Å². The van der Waals surface area contributed by atoms with Crippen molar-refractivity contribution in [2.24, 2.45) is 0 Å². The second-order valence-electron chi connectivity index (χ2n) is 6.90. The van der Waals surface area contributed by atoms with Crippen LogP contribution in [0.1, 0.15) is 22.3 Å². The molecule has 3 aliphatic rings. The van der Waals surface area contributed by atoms with Crippen LogP contribution in [0.5, 0.6) is 23.0 Å². The normalized spacial score (nSPS) is 18.6. The van der Waals surface area contributed by atoms with E-state index in [4.69, 9.17) is 18.9 Å². The van der Waals surface area contributed by atoms with Gasteiger partial charge in [-0.2, -0.15) is 0 Å². The molecule has 0 fully saturated rings. The average Bonchev–Trinajstić information content (AvgIpc) is 3.27. The molecule has 3 heterocycles. The van der Waals surface area contributed by atoms with Crippen LogP contribution in [0.15, 0.2) is 24.3 Å². The van der Waals surface area contributed by atoms with Gasteiger partial charge >= 0.3 is 0 Å². The average molecular weight is 339 g/mol. The van der Waals surface area contributed by atoms with E-state index in [1.54, 1.807) is 0 Å². The summed E-state index contributed by atoms with van der Waals surface area (Å²) in [5.74, 6) is 3.54. The van der Waals surface area contributed by atoms with Crippen LogP contribution >= 0.6 is 0 Å². The first-order chi connectivity index (χ1) is 12.3. The molecule has 0 N–H and O–H groups in total. The molecule has 3 aliphatic heterocycles. The molecule has 0 radical (unpaired) electrons. The topological polar surface area (TPSA) is 40.2 Å². The summed E-state index contributed by atoms with van der Waals surface area (Å²) in [4.78, 5) is 2.35. The first kappa shape index (κ1) is 14.9. The lowest BCUT2D eigenvalue weighted by Gasteiger charge is -2.23. The molecule has 5 nitrogen and oxygen atoms in total. The van der Waals surface area contributed by atoms with Gasteiger partial charge in [0.25, 0.3) is 0 Å². The molecule has 0 unspecified atom stereocenters. The number of nitrogens with zero attached hydrogens (tertiary/aromatic N) is 1. The Bertz CT molecular complexity index is 833. The van der Waals surface area contributed by atoms with Crippen LogP contribution < -0.4 is 18.9 Å². The zero-order chi connectivity index (χ0) is 16.8. The number of rotatable bonds is 0. The van der Waals surface area contributed by atoms with Crippen molar-refractivity contribution in [1.82, 2.24) is 4.90 Å². The van der Waals surface area contributed by atoms with E-state index in [0.717, 1.165) is 55.4 Å². The van der Waals surface area contributed by atoms with Gasteiger partial charge in [-0.05, 0) is 61.2 Å². The van der Waals surface area contributed by atoms with Crippen molar-refractivity contribution < 1.29 is 18.9 Å². The molecule has 130 valence electrons. The summed E-state index contributed by atoms with van der Waals surface area (Å²) in [6.45, 7) is 2.50. The van der Waals surface area contributed by atoms with Gasteiger partial charge in [0, 0.05) is 18.7 Å². The number of hydrogen-bond donors (Lipinski definition) is 0. The molecule has 5 rings (SSSR count). The summed E-state index contributed by atoms with van der Waals surface area (Å²) in [5.41, 5.74) is 5.31. The Labute approximate surface area is 147 Å². The highest BCUT2D eigenvalue weighted by atomic mass is 16.7. The first-order valence-electron chi connectivity index (χ1n) is 8.78. The number of benzene rings is 2. The molecule has 0 aromatic heterocycles.